The Hall–Kier alpha value is -6.51. The van der Waals surface area contributed by atoms with Gasteiger partial charge in [-0.15, -0.1) is 0 Å². The van der Waals surface area contributed by atoms with Gasteiger partial charge in [-0.1, -0.05) is 152 Å². The molecule has 2 nitrogen and oxygen atoms in total. The Balaban J connectivity index is 1.20. The molecule has 0 radical (unpaired) electrons. The maximum atomic E-state index is 6.71. The van der Waals surface area contributed by atoms with Gasteiger partial charge in [-0.2, -0.15) is 0 Å². The zero-order valence-electron chi connectivity index (χ0n) is 27.3. The predicted octanol–water partition coefficient (Wildman–Crippen LogP) is 12.3. The lowest BCUT2D eigenvalue weighted by Crippen LogP contribution is -2.28. The molecule has 50 heavy (non-hydrogen) atoms. The van der Waals surface area contributed by atoms with Crippen LogP contribution in [0.15, 0.2) is 192 Å². The molecule has 10 rings (SSSR count). The highest BCUT2D eigenvalue weighted by Crippen LogP contribution is 2.57. The third-order valence-corrected chi connectivity index (χ3v) is 10.3. The van der Waals surface area contributed by atoms with Crippen LogP contribution in [-0.2, 0) is 5.41 Å². The summed E-state index contributed by atoms with van der Waals surface area (Å²) in [5, 5.41) is 2.22. The molecule has 0 atom stereocenters. The van der Waals surface area contributed by atoms with Crippen LogP contribution < -0.4 is 0 Å². The van der Waals surface area contributed by atoms with E-state index in [-0.39, 0.29) is 0 Å². The lowest BCUT2D eigenvalue weighted by molar-refractivity contribution is 0.666. The van der Waals surface area contributed by atoms with Gasteiger partial charge in [-0.3, -0.25) is 0 Å². The molecule has 0 unspecified atom stereocenters. The molecule has 0 bridgehead atoms. The molecule has 0 spiro atoms. The Labute approximate surface area is 291 Å². The predicted molar refractivity (Wildman–Crippen MR) is 205 cm³/mol. The quantitative estimate of drug-likeness (QED) is 0.188. The van der Waals surface area contributed by atoms with Crippen molar-refractivity contribution in [3.8, 4) is 44.8 Å². The van der Waals surface area contributed by atoms with Crippen LogP contribution in [0, 0.1) is 0 Å². The maximum Gasteiger partial charge on any atom is 0.135 e. The van der Waals surface area contributed by atoms with Gasteiger partial charge in [0.1, 0.15) is 11.2 Å². The van der Waals surface area contributed by atoms with Crippen LogP contribution in [0.5, 0.6) is 0 Å². The van der Waals surface area contributed by atoms with Crippen molar-refractivity contribution in [3.63, 3.8) is 0 Å². The summed E-state index contributed by atoms with van der Waals surface area (Å²) in [5.41, 5.74) is 15.2. The number of fused-ring (bicyclic) bond motifs is 6. The first-order chi connectivity index (χ1) is 24.8. The second-order valence-electron chi connectivity index (χ2n) is 13.1. The van der Waals surface area contributed by atoms with Crippen molar-refractivity contribution < 1.29 is 4.42 Å². The summed E-state index contributed by atoms with van der Waals surface area (Å²) in [7, 11) is 0. The second kappa shape index (κ2) is 11.3. The summed E-state index contributed by atoms with van der Waals surface area (Å²) >= 11 is 0. The van der Waals surface area contributed by atoms with E-state index in [4.69, 9.17) is 9.40 Å². The fraction of sp³-hybridized carbons (Fsp3) is 0.0208. The van der Waals surface area contributed by atoms with Gasteiger partial charge in [0.05, 0.1) is 16.8 Å². The van der Waals surface area contributed by atoms with Crippen molar-refractivity contribution in [1.29, 1.82) is 0 Å². The van der Waals surface area contributed by atoms with Crippen molar-refractivity contribution in [2.45, 2.75) is 5.41 Å². The molecule has 1 aliphatic rings. The minimum absolute atomic E-state index is 0.467. The molecule has 0 N–H and O–H groups in total. The Bertz CT molecular complexity index is 2580. The van der Waals surface area contributed by atoms with E-state index < -0.39 is 5.41 Å². The molecule has 2 heterocycles. The third kappa shape index (κ3) is 4.32. The highest BCUT2D eigenvalue weighted by Gasteiger charge is 2.46. The zero-order valence-corrected chi connectivity index (χ0v) is 27.3. The van der Waals surface area contributed by atoms with Crippen molar-refractivity contribution in [1.82, 2.24) is 4.98 Å². The van der Waals surface area contributed by atoms with Crippen LogP contribution in [0.4, 0.5) is 0 Å². The minimum atomic E-state index is -0.467. The minimum Gasteiger partial charge on any atom is -0.456 e. The monoisotopic (exact) mass is 637 g/mol. The summed E-state index contributed by atoms with van der Waals surface area (Å²) in [6.45, 7) is 0. The van der Waals surface area contributed by atoms with Crippen LogP contribution in [0.2, 0.25) is 0 Å². The van der Waals surface area contributed by atoms with E-state index in [0.717, 1.165) is 55.6 Å². The molecule has 0 amide bonds. The van der Waals surface area contributed by atoms with Crippen molar-refractivity contribution in [2.75, 3.05) is 0 Å². The molecule has 0 fully saturated rings. The first-order valence-electron chi connectivity index (χ1n) is 17.1. The summed E-state index contributed by atoms with van der Waals surface area (Å²) < 4.78 is 6.71. The van der Waals surface area contributed by atoms with Gasteiger partial charge in [0.2, 0.25) is 0 Å². The first kappa shape index (κ1) is 28.5. The lowest BCUT2D eigenvalue weighted by atomic mass is 9.67. The van der Waals surface area contributed by atoms with Crippen molar-refractivity contribution >= 4 is 21.9 Å². The number of hydrogen-bond acceptors (Lipinski definition) is 2. The SMILES string of the molecule is c1ccc(-c2cc(-c3ccc4oc5cc6c(cc5c4c3)-c3ccccc3C6(c3ccccc3)c3ccccc3)cc(-c3ccccc3)n2)cc1. The van der Waals surface area contributed by atoms with Crippen LogP contribution in [-0.4, -0.2) is 4.98 Å². The van der Waals surface area contributed by atoms with Crippen molar-refractivity contribution in [2.24, 2.45) is 0 Å². The Morgan fingerprint density at radius 3 is 1.52 bits per heavy atom. The van der Waals surface area contributed by atoms with Crippen LogP contribution in [0.25, 0.3) is 66.7 Å². The number of aromatic nitrogens is 1. The number of pyridine rings is 1. The molecule has 0 aliphatic heterocycles. The Morgan fingerprint density at radius 1 is 0.360 bits per heavy atom. The van der Waals surface area contributed by atoms with Crippen LogP contribution in [0.3, 0.4) is 0 Å². The topological polar surface area (TPSA) is 26.0 Å². The van der Waals surface area contributed by atoms with Gasteiger partial charge in [0, 0.05) is 21.9 Å². The Morgan fingerprint density at radius 2 is 0.900 bits per heavy atom. The molecule has 0 saturated carbocycles. The largest absolute Gasteiger partial charge is 0.456 e. The van der Waals surface area contributed by atoms with E-state index in [1.807, 2.05) is 12.1 Å². The highest BCUT2D eigenvalue weighted by molar-refractivity contribution is 6.09. The normalized spacial score (nSPS) is 13.0. The summed E-state index contributed by atoms with van der Waals surface area (Å²) in [6, 6.07) is 67.2. The second-order valence-corrected chi connectivity index (χ2v) is 13.1. The summed E-state index contributed by atoms with van der Waals surface area (Å²) in [5.74, 6) is 0. The number of benzene rings is 7. The molecular formula is C48H31NO. The van der Waals surface area contributed by atoms with Gasteiger partial charge in [-0.05, 0) is 80.9 Å². The zero-order chi connectivity index (χ0) is 33.1. The molecule has 1 aliphatic carbocycles. The standard InChI is InChI=1S/C48H31NO/c1-5-15-32(16-6-1)44-28-35(29-45(49-44)33-17-7-2-8-18-33)34-25-26-46-40(27-34)41-30-39-38-23-13-14-24-42(38)48(36-19-9-3-10-20-36,37-21-11-4-12-22-37)43(39)31-47(41)50-46/h1-31H. The summed E-state index contributed by atoms with van der Waals surface area (Å²) in [6.07, 6.45) is 0. The van der Waals surface area contributed by atoms with Gasteiger partial charge in [-0.25, -0.2) is 4.98 Å². The van der Waals surface area contributed by atoms with E-state index in [9.17, 15) is 0 Å². The molecule has 9 aromatic rings. The number of furan rings is 1. The molecule has 0 saturated heterocycles. The van der Waals surface area contributed by atoms with E-state index in [1.54, 1.807) is 0 Å². The number of rotatable bonds is 5. The summed E-state index contributed by atoms with van der Waals surface area (Å²) in [4.78, 5) is 5.11. The number of hydrogen-bond donors (Lipinski definition) is 0. The fourth-order valence-electron chi connectivity index (χ4n) is 8.10. The third-order valence-electron chi connectivity index (χ3n) is 10.3. The van der Waals surface area contributed by atoms with Crippen molar-refractivity contribution in [3.05, 3.63) is 210 Å². The molecular weight excluding hydrogens is 607 g/mol. The van der Waals surface area contributed by atoms with Gasteiger partial charge < -0.3 is 4.42 Å². The lowest BCUT2D eigenvalue weighted by Gasteiger charge is -2.33. The maximum absolute atomic E-state index is 6.71. The molecule has 7 aromatic carbocycles. The van der Waals surface area contributed by atoms with Gasteiger partial charge >= 0.3 is 0 Å². The van der Waals surface area contributed by atoms with Crippen LogP contribution in [0.1, 0.15) is 22.3 Å². The van der Waals surface area contributed by atoms with Crippen LogP contribution >= 0.6 is 0 Å². The fourth-order valence-corrected chi connectivity index (χ4v) is 8.10. The average Bonchev–Trinajstić information content (AvgIpc) is 3.70. The Kier molecular flexibility index (Phi) is 6.43. The average molecular weight is 638 g/mol. The van der Waals surface area contributed by atoms with E-state index in [0.29, 0.717) is 0 Å². The first-order valence-corrected chi connectivity index (χ1v) is 17.1. The molecule has 2 aromatic heterocycles. The van der Waals surface area contributed by atoms with Gasteiger partial charge in [0.15, 0.2) is 0 Å². The molecule has 2 heteroatoms. The van der Waals surface area contributed by atoms with Gasteiger partial charge in [0.25, 0.3) is 0 Å². The van der Waals surface area contributed by atoms with E-state index in [2.05, 4.69) is 176 Å². The molecule has 234 valence electrons. The smallest absolute Gasteiger partial charge is 0.135 e. The van der Waals surface area contributed by atoms with E-state index in [1.165, 1.54) is 33.4 Å². The number of nitrogens with zero attached hydrogens (tertiary/aromatic N) is 1. The van der Waals surface area contributed by atoms with E-state index >= 15 is 0 Å². The highest BCUT2D eigenvalue weighted by atomic mass is 16.3.